The maximum Gasteiger partial charge on any atom is 0.422 e. The molecule has 14 heavy (non-hydrogen) atoms. The first kappa shape index (κ1) is 10.7. The molecule has 0 fully saturated rings. The van der Waals surface area contributed by atoms with Crippen molar-refractivity contribution >= 4 is 0 Å². The summed E-state index contributed by atoms with van der Waals surface area (Å²) >= 11 is 0. The second-order valence-corrected chi connectivity index (χ2v) is 2.85. The fourth-order valence-corrected chi connectivity index (χ4v) is 0.748. The number of nitrogens with zero attached hydrogens (tertiary/aromatic N) is 2. The Labute approximate surface area is 78.9 Å². The zero-order chi connectivity index (χ0) is 10.8. The van der Waals surface area contributed by atoms with Crippen LogP contribution in [0.2, 0.25) is 0 Å². The average Bonchev–Trinajstić information content (AvgIpc) is 2.06. The van der Waals surface area contributed by atoms with E-state index in [1.807, 2.05) is 0 Å². The molecule has 0 N–H and O–H groups in total. The van der Waals surface area contributed by atoms with Crippen LogP contribution in [-0.2, 0) is 0 Å². The van der Waals surface area contributed by atoms with E-state index in [9.17, 15) is 13.2 Å². The van der Waals surface area contributed by atoms with Crippen LogP contribution in [-0.4, -0.2) is 23.0 Å². The summed E-state index contributed by atoms with van der Waals surface area (Å²) in [6, 6.07) is 1.42. The van der Waals surface area contributed by atoms with E-state index < -0.39 is 12.8 Å². The lowest BCUT2D eigenvalue weighted by molar-refractivity contribution is -0.154. The van der Waals surface area contributed by atoms with Crippen molar-refractivity contribution < 1.29 is 17.9 Å². The van der Waals surface area contributed by atoms with Gasteiger partial charge in [0.05, 0.1) is 5.69 Å². The molecular weight excluding hydrogens is 197 g/mol. The lowest BCUT2D eigenvalue weighted by Gasteiger charge is -2.08. The highest BCUT2D eigenvalue weighted by Gasteiger charge is 2.28. The van der Waals surface area contributed by atoms with E-state index in [1.165, 1.54) is 6.07 Å². The minimum atomic E-state index is -4.35. The summed E-state index contributed by atoms with van der Waals surface area (Å²) in [5, 5.41) is 7.11. The third-order valence-corrected chi connectivity index (χ3v) is 1.59. The Kier molecular flexibility index (Phi) is 2.93. The maximum absolute atomic E-state index is 11.7. The first-order chi connectivity index (χ1) is 6.38. The van der Waals surface area contributed by atoms with Crippen molar-refractivity contribution in [3.63, 3.8) is 0 Å². The minimum Gasteiger partial charge on any atom is -0.467 e. The molecule has 0 aliphatic rings. The summed E-state index contributed by atoms with van der Waals surface area (Å²) in [5.74, 6) is -0.106. The number of halogens is 3. The topological polar surface area (TPSA) is 35.0 Å². The van der Waals surface area contributed by atoms with Gasteiger partial charge in [-0.3, -0.25) is 0 Å². The number of aryl methyl sites for hydroxylation is 2. The van der Waals surface area contributed by atoms with Gasteiger partial charge in [-0.15, -0.1) is 5.10 Å². The zero-order valence-electron chi connectivity index (χ0n) is 7.72. The Bertz CT molecular complexity index is 325. The summed E-state index contributed by atoms with van der Waals surface area (Å²) in [6.07, 6.45) is -4.35. The third-order valence-electron chi connectivity index (χ3n) is 1.59. The van der Waals surface area contributed by atoms with Crippen molar-refractivity contribution in [2.45, 2.75) is 20.0 Å². The van der Waals surface area contributed by atoms with Crippen molar-refractivity contribution in [1.29, 1.82) is 0 Å². The van der Waals surface area contributed by atoms with E-state index in [4.69, 9.17) is 0 Å². The molecule has 1 heterocycles. The van der Waals surface area contributed by atoms with E-state index in [1.54, 1.807) is 13.8 Å². The molecule has 3 nitrogen and oxygen atoms in total. The molecule has 0 aliphatic carbocycles. The van der Waals surface area contributed by atoms with Crippen molar-refractivity contribution in [1.82, 2.24) is 10.2 Å². The van der Waals surface area contributed by atoms with E-state index in [0.29, 0.717) is 5.69 Å². The van der Waals surface area contributed by atoms with Crippen molar-refractivity contribution in [2.75, 3.05) is 6.61 Å². The van der Waals surface area contributed by atoms with Crippen LogP contribution >= 0.6 is 0 Å². The van der Waals surface area contributed by atoms with Crippen molar-refractivity contribution in [3.8, 4) is 5.88 Å². The molecule has 1 aromatic rings. The normalized spacial score (nSPS) is 11.5. The standard InChI is InChI=1S/C8H9F3N2O/c1-5-3-7(13-12-6(5)2)14-4-8(9,10)11/h3H,4H2,1-2H3. The average molecular weight is 206 g/mol. The van der Waals surface area contributed by atoms with E-state index in [-0.39, 0.29) is 5.88 Å². The lowest BCUT2D eigenvalue weighted by atomic mass is 10.2. The van der Waals surface area contributed by atoms with Crippen molar-refractivity contribution in [2.24, 2.45) is 0 Å². The highest BCUT2D eigenvalue weighted by molar-refractivity contribution is 5.21. The molecule has 0 aromatic carbocycles. The molecule has 6 heteroatoms. The summed E-state index contributed by atoms with van der Waals surface area (Å²) in [5.41, 5.74) is 1.42. The minimum absolute atomic E-state index is 0.106. The number of alkyl halides is 3. The summed E-state index contributed by atoms with van der Waals surface area (Å²) in [4.78, 5) is 0. The Balaban J connectivity index is 2.65. The van der Waals surface area contributed by atoms with Crippen LogP contribution in [0, 0.1) is 13.8 Å². The molecule has 0 unspecified atom stereocenters. The van der Waals surface area contributed by atoms with Gasteiger partial charge in [0.25, 0.3) is 0 Å². The molecule has 0 saturated carbocycles. The Morgan fingerprint density at radius 1 is 1.29 bits per heavy atom. The van der Waals surface area contributed by atoms with Gasteiger partial charge in [-0.2, -0.15) is 18.3 Å². The van der Waals surface area contributed by atoms with Crippen LogP contribution in [0.25, 0.3) is 0 Å². The number of aromatic nitrogens is 2. The number of hydrogen-bond donors (Lipinski definition) is 0. The highest BCUT2D eigenvalue weighted by atomic mass is 19.4. The van der Waals surface area contributed by atoms with Gasteiger partial charge in [0, 0.05) is 6.07 Å². The smallest absolute Gasteiger partial charge is 0.422 e. The largest absolute Gasteiger partial charge is 0.467 e. The lowest BCUT2D eigenvalue weighted by Crippen LogP contribution is -2.19. The van der Waals surface area contributed by atoms with Gasteiger partial charge in [-0.25, -0.2) is 0 Å². The van der Waals surface area contributed by atoms with Crippen LogP contribution in [0.4, 0.5) is 13.2 Å². The maximum atomic E-state index is 11.7. The fourth-order valence-electron chi connectivity index (χ4n) is 0.748. The van der Waals surface area contributed by atoms with Gasteiger partial charge in [-0.05, 0) is 19.4 Å². The molecule has 0 atom stereocenters. The SMILES string of the molecule is Cc1cc(OCC(F)(F)F)nnc1C. The molecular formula is C8H9F3N2O. The molecule has 0 spiro atoms. The molecule has 1 rings (SSSR count). The predicted molar refractivity (Wildman–Crippen MR) is 43.1 cm³/mol. The first-order valence-corrected chi connectivity index (χ1v) is 3.89. The van der Waals surface area contributed by atoms with Crippen LogP contribution in [0.3, 0.4) is 0 Å². The quantitative estimate of drug-likeness (QED) is 0.742. The second-order valence-electron chi connectivity index (χ2n) is 2.85. The van der Waals surface area contributed by atoms with E-state index in [0.717, 1.165) is 5.56 Å². The Morgan fingerprint density at radius 3 is 2.43 bits per heavy atom. The second kappa shape index (κ2) is 3.81. The zero-order valence-corrected chi connectivity index (χ0v) is 7.72. The van der Waals surface area contributed by atoms with Crippen LogP contribution in [0.5, 0.6) is 5.88 Å². The number of rotatable bonds is 2. The van der Waals surface area contributed by atoms with E-state index in [2.05, 4.69) is 14.9 Å². The number of hydrogen-bond acceptors (Lipinski definition) is 3. The predicted octanol–water partition coefficient (Wildman–Crippen LogP) is 2.03. The Morgan fingerprint density at radius 2 is 1.93 bits per heavy atom. The van der Waals surface area contributed by atoms with Gasteiger partial charge < -0.3 is 4.74 Å². The van der Waals surface area contributed by atoms with Gasteiger partial charge >= 0.3 is 6.18 Å². The number of ether oxygens (including phenoxy) is 1. The highest BCUT2D eigenvalue weighted by Crippen LogP contribution is 2.17. The molecule has 0 radical (unpaired) electrons. The third kappa shape index (κ3) is 3.20. The monoisotopic (exact) mass is 206 g/mol. The molecule has 1 aromatic heterocycles. The van der Waals surface area contributed by atoms with Crippen LogP contribution in [0.15, 0.2) is 6.07 Å². The first-order valence-electron chi connectivity index (χ1n) is 3.89. The van der Waals surface area contributed by atoms with Gasteiger partial charge in [-0.1, -0.05) is 0 Å². The summed E-state index contributed by atoms with van der Waals surface area (Å²) < 4.78 is 39.7. The summed E-state index contributed by atoms with van der Waals surface area (Å²) in [7, 11) is 0. The molecule has 0 amide bonds. The van der Waals surface area contributed by atoms with Gasteiger partial charge in [0.1, 0.15) is 0 Å². The molecule has 0 aliphatic heterocycles. The van der Waals surface area contributed by atoms with Gasteiger partial charge in [0.2, 0.25) is 5.88 Å². The van der Waals surface area contributed by atoms with Crippen LogP contribution in [0.1, 0.15) is 11.3 Å². The Hall–Kier alpha value is -1.33. The van der Waals surface area contributed by atoms with Crippen LogP contribution < -0.4 is 4.74 Å². The van der Waals surface area contributed by atoms with Crippen molar-refractivity contribution in [3.05, 3.63) is 17.3 Å². The summed E-state index contributed by atoms with van der Waals surface area (Å²) in [6.45, 7) is 2.10. The molecule has 0 saturated heterocycles. The van der Waals surface area contributed by atoms with Gasteiger partial charge in [0.15, 0.2) is 6.61 Å². The fraction of sp³-hybridized carbons (Fsp3) is 0.500. The molecule has 78 valence electrons. The van der Waals surface area contributed by atoms with E-state index >= 15 is 0 Å². The molecule has 0 bridgehead atoms.